The fourth-order valence-electron chi connectivity index (χ4n) is 2.60. The number of nitrogens with one attached hydrogen (secondary N) is 2. The molecule has 3 aromatic carbocycles. The van der Waals surface area contributed by atoms with E-state index in [9.17, 15) is 9.59 Å². The van der Waals surface area contributed by atoms with Crippen molar-refractivity contribution in [1.82, 2.24) is 0 Å². The first-order chi connectivity index (χ1) is 14.5. The van der Waals surface area contributed by atoms with Gasteiger partial charge >= 0.3 is 0 Å². The summed E-state index contributed by atoms with van der Waals surface area (Å²) in [5.74, 6) is -0.0910. The molecule has 3 aromatic rings. The van der Waals surface area contributed by atoms with Gasteiger partial charge in [-0.25, -0.2) is 0 Å². The predicted molar refractivity (Wildman–Crippen MR) is 126 cm³/mol. The largest absolute Gasteiger partial charge is 0.325 e. The molecule has 0 aliphatic heterocycles. The van der Waals surface area contributed by atoms with Crippen molar-refractivity contribution in [3.05, 3.63) is 95.0 Å². The average molecular weight is 437 g/mol. The lowest BCUT2D eigenvalue weighted by Crippen LogP contribution is -2.14. The Bertz CT molecular complexity index is 1070. The highest BCUT2D eigenvalue weighted by molar-refractivity contribution is 8.00. The number of anilines is 2. The maximum Gasteiger partial charge on any atom is 0.248 e. The Labute approximate surface area is 185 Å². The second-order valence-corrected chi connectivity index (χ2v) is 8.02. The third-order valence-electron chi connectivity index (χ3n) is 4.15. The molecule has 0 saturated heterocycles. The molecule has 0 aromatic heterocycles. The number of carbonyl (C=O) groups is 2. The molecule has 0 aliphatic rings. The summed E-state index contributed by atoms with van der Waals surface area (Å²) in [6, 6.07) is 22.4. The monoisotopic (exact) mass is 436 g/mol. The van der Waals surface area contributed by atoms with E-state index in [2.05, 4.69) is 10.6 Å². The minimum Gasteiger partial charge on any atom is -0.325 e. The van der Waals surface area contributed by atoms with Crippen molar-refractivity contribution < 1.29 is 9.59 Å². The van der Waals surface area contributed by atoms with Gasteiger partial charge in [0.15, 0.2) is 0 Å². The van der Waals surface area contributed by atoms with Crippen LogP contribution in [0.2, 0.25) is 5.02 Å². The van der Waals surface area contributed by atoms with Gasteiger partial charge in [0.1, 0.15) is 0 Å². The minimum absolute atomic E-state index is 0.125. The van der Waals surface area contributed by atoms with E-state index in [1.807, 2.05) is 73.7 Å². The third-order valence-corrected chi connectivity index (χ3v) is 5.55. The zero-order chi connectivity index (χ0) is 21.3. The quantitative estimate of drug-likeness (QED) is 0.351. The molecule has 30 heavy (non-hydrogen) atoms. The van der Waals surface area contributed by atoms with Crippen molar-refractivity contribution in [2.45, 2.75) is 11.8 Å². The molecule has 152 valence electrons. The van der Waals surface area contributed by atoms with Crippen molar-refractivity contribution in [2.24, 2.45) is 0 Å². The lowest BCUT2D eigenvalue weighted by atomic mass is 10.2. The highest BCUT2D eigenvalue weighted by atomic mass is 35.5. The summed E-state index contributed by atoms with van der Waals surface area (Å²) in [4.78, 5) is 25.2. The Morgan fingerprint density at radius 2 is 1.70 bits per heavy atom. The van der Waals surface area contributed by atoms with Gasteiger partial charge in [-0.05, 0) is 54.5 Å². The third kappa shape index (κ3) is 6.79. The minimum atomic E-state index is -0.213. The molecule has 4 nitrogen and oxygen atoms in total. The molecule has 0 fully saturated rings. The molecule has 3 rings (SSSR count). The second-order valence-electron chi connectivity index (χ2n) is 6.56. The average Bonchev–Trinajstić information content (AvgIpc) is 2.74. The van der Waals surface area contributed by atoms with Crippen molar-refractivity contribution >= 4 is 52.6 Å². The van der Waals surface area contributed by atoms with Gasteiger partial charge in [-0.3, -0.25) is 9.59 Å². The zero-order valence-corrected chi connectivity index (χ0v) is 18.0. The Kier molecular flexibility index (Phi) is 7.71. The van der Waals surface area contributed by atoms with E-state index in [1.54, 1.807) is 12.1 Å². The Morgan fingerprint density at radius 3 is 2.47 bits per heavy atom. The van der Waals surface area contributed by atoms with E-state index in [4.69, 9.17) is 11.6 Å². The lowest BCUT2D eigenvalue weighted by molar-refractivity contribution is -0.114. The molecular formula is C24H21ClN2O2S. The van der Waals surface area contributed by atoms with Crippen LogP contribution in [0.3, 0.4) is 0 Å². The maximum absolute atomic E-state index is 12.2. The summed E-state index contributed by atoms with van der Waals surface area (Å²) in [7, 11) is 0. The maximum atomic E-state index is 12.2. The number of hydrogen-bond acceptors (Lipinski definition) is 3. The van der Waals surface area contributed by atoms with Crippen molar-refractivity contribution in [2.75, 3.05) is 16.4 Å². The van der Waals surface area contributed by atoms with Gasteiger partial charge in [0.25, 0.3) is 0 Å². The van der Waals surface area contributed by atoms with Crippen molar-refractivity contribution in [3.8, 4) is 0 Å². The van der Waals surface area contributed by atoms with Gasteiger partial charge in [0, 0.05) is 27.4 Å². The number of thioether (sulfide) groups is 1. The number of benzene rings is 3. The van der Waals surface area contributed by atoms with Crippen LogP contribution in [0.4, 0.5) is 11.4 Å². The van der Waals surface area contributed by atoms with Crippen molar-refractivity contribution in [1.29, 1.82) is 0 Å². The number of hydrogen-bond donors (Lipinski definition) is 2. The second kappa shape index (κ2) is 10.7. The number of amides is 2. The van der Waals surface area contributed by atoms with E-state index >= 15 is 0 Å². The highest BCUT2D eigenvalue weighted by Crippen LogP contribution is 2.23. The van der Waals surface area contributed by atoms with Crippen LogP contribution >= 0.6 is 23.4 Å². The smallest absolute Gasteiger partial charge is 0.248 e. The molecule has 0 heterocycles. The van der Waals surface area contributed by atoms with E-state index < -0.39 is 0 Å². The van der Waals surface area contributed by atoms with Crippen LogP contribution in [0, 0.1) is 6.92 Å². The van der Waals surface area contributed by atoms with E-state index in [0.29, 0.717) is 16.4 Å². The number of aryl methyl sites for hydroxylation is 1. The summed E-state index contributed by atoms with van der Waals surface area (Å²) in [6.45, 7) is 1.91. The fourth-order valence-corrected chi connectivity index (χ4v) is 3.54. The van der Waals surface area contributed by atoms with Crippen LogP contribution in [0.15, 0.2) is 83.8 Å². The lowest BCUT2D eigenvalue weighted by Gasteiger charge is -2.08. The molecule has 0 bridgehead atoms. The molecule has 0 radical (unpaired) electrons. The first-order valence-electron chi connectivity index (χ1n) is 9.32. The van der Waals surface area contributed by atoms with Crippen molar-refractivity contribution in [3.63, 3.8) is 0 Å². The predicted octanol–water partition coefficient (Wildman–Crippen LogP) is 6.03. The molecule has 0 saturated carbocycles. The van der Waals surface area contributed by atoms with E-state index in [-0.39, 0.29) is 17.6 Å². The molecule has 0 aliphatic carbocycles. The summed E-state index contributed by atoms with van der Waals surface area (Å²) in [6.07, 6.45) is 3.25. The zero-order valence-electron chi connectivity index (χ0n) is 16.4. The van der Waals surface area contributed by atoms with E-state index in [0.717, 1.165) is 16.0 Å². The van der Waals surface area contributed by atoms with Gasteiger partial charge in [-0.2, -0.15) is 0 Å². The Hall–Kier alpha value is -3.02. The summed E-state index contributed by atoms with van der Waals surface area (Å²) in [5, 5.41) is 6.29. The first-order valence-corrected chi connectivity index (χ1v) is 10.7. The molecule has 0 atom stereocenters. The molecule has 2 amide bonds. The normalized spacial score (nSPS) is 10.7. The van der Waals surface area contributed by atoms with Gasteiger partial charge in [-0.1, -0.05) is 54.1 Å². The van der Waals surface area contributed by atoms with Gasteiger partial charge < -0.3 is 10.6 Å². The summed E-state index contributed by atoms with van der Waals surface area (Å²) < 4.78 is 0. The topological polar surface area (TPSA) is 58.2 Å². The summed E-state index contributed by atoms with van der Waals surface area (Å²) in [5.41, 5.74) is 3.26. The molecule has 0 spiro atoms. The molecule has 2 N–H and O–H groups in total. The summed E-state index contributed by atoms with van der Waals surface area (Å²) >= 11 is 7.48. The highest BCUT2D eigenvalue weighted by Gasteiger charge is 2.06. The Morgan fingerprint density at radius 1 is 0.933 bits per heavy atom. The fraction of sp³-hybridized carbons (Fsp3) is 0.0833. The van der Waals surface area contributed by atoms with Gasteiger partial charge in [0.05, 0.1) is 5.75 Å². The van der Waals surface area contributed by atoms with Crippen LogP contribution in [0.25, 0.3) is 6.08 Å². The number of halogens is 1. The SMILES string of the molecule is Cc1ccc(NC(=O)CSc2cccc(NC(=O)/C=C/c3ccccc3)c2)cc1Cl. The molecule has 0 unspecified atom stereocenters. The van der Waals surface area contributed by atoms with Crippen LogP contribution < -0.4 is 10.6 Å². The molecule has 6 heteroatoms. The van der Waals surface area contributed by atoms with Crippen LogP contribution in [-0.2, 0) is 9.59 Å². The van der Waals surface area contributed by atoms with E-state index in [1.165, 1.54) is 17.8 Å². The number of rotatable bonds is 7. The van der Waals surface area contributed by atoms with Gasteiger partial charge in [0.2, 0.25) is 11.8 Å². The van der Waals surface area contributed by atoms with Crippen LogP contribution in [0.1, 0.15) is 11.1 Å². The van der Waals surface area contributed by atoms with Crippen LogP contribution in [-0.4, -0.2) is 17.6 Å². The first kappa shape index (κ1) is 21.7. The van der Waals surface area contributed by atoms with Crippen LogP contribution in [0.5, 0.6) is 0 Å². The molecular weight excluding hydrogens is 416 g/mol. The number of carbonyl (C=O) groups excluding carboxylic acids is 2. The standard InChI is InChI=1S/C24H21ClN2O2S/c1-17-10-12-20(15-22(17)25)27-24(29)16-30-21-9-5-8-19(14-21)26-23(28)13-11-18-6-3-2-4-7-18/h2-15H,16H2,1H3,(H,26,28)(H,27,29)/b13-11+. The Balaban J connectivity index is 1.52. The van der Waals surface area contributed by atoms with Gasteiger partial charge in [-0.15, -0.1) is 11.8 Å².